The SMILES string of the molecule is Cc1cccc(CN2Cc3cccn3C(CCOCC3CC3)C2)n1. The van der Waals surface area contributed by atoms with E-state index in [0.717, 1.165) is 50.9 Å². The molecule has 128 valence electrons. The van der Waals surface area contributed by atoms with E-state index in [9.17, 15) is 0 Å². The first-order chi connectivity index (χ1) is 11.8. The van der Waals surface area contributed by atoms with Crippen LogP contribution in [0, 0.1) is 12.8 Å². The lowest BCUT2D eigenvalue weighted by molar-refractivity contribution is 0.0941. The van der Waals surface area contributed by atoms with Gasteiger partial charge in [0.05, 0.1) is 5.69 Å². The Balaban J connectivity index is 1.38. The van der Waals surface area contributed by atoms with E-state index in [4.69, 9.17) is 4.74 Å². The molecule has 1 atom stereocenters. The quantitative estimate of drug-likeness (QED) is 0.729. The van der Waals surface area contributed by atoms with Crippen LogP contribution in [-0.4, -0.2) is 34.2 Å². The smallest absolute Gasteiger partial charge is 0.0547 e. The summed E-state index contributed by atoms with van der Waals surface area (Å²) in [5.41, 5.74) is 3.66. The van der Waals surface area contributed by atoms with Gasteiger partial charge in [0.2, 0.25) is 0 Å². The molecule has 1 aliphatic carbocycles. The zero-order valence-electron chi connectivity index (χ0n) is 14.5. The Labute approximate surface area is 144 Å². The highest BCUT2D eigenvalue weighted by molar-refractivity contribution is 5.13. The molecule has 4 heteroatoms. The number of aromatic nitrogens is 2. The second kappa shape index (κ2) is 7.08. The minimum absolute atomic E-state index is 0.507. The van der Waals surface area contributed by atoms with Gasteiger partial charge in [0.1, 0.15) is 0 Å². The van der Waals surface area contributed by atoms with Crippen molar-refractivity contribution in [3.05, 3.63) is 53.6 Å². The van der Waals surface area contributed by atoms with Crippen LogP contribution >= 0.6 is 0 Å². The van der Waals surface area contributed by atoms with Crippen LogP contribution in [0.1, 0.15) is 42.4 Å². The molecule has 0 spiro atoms. The van der Waals surface area contributed by atoms with Crippen LogP contribution in [0.15, 0.2) is 36.5 Å². The first-order valence-corrected chi connectivity index (χ1v) is 9.16. The average molecular weight is 325 g/mol. The zero-order valence-corrected chi connectivity index (χ0v) is 14.5. The molecule has 0 radical (unpaired) electrons. The minimum atomic E-state index is 0.507. The number of aryl methyl sites for hydroxylation is 1. The number of rotatable bonds is 7. The van der Waals surface area contributed by atoms with Crippen molar-refractivity contribution >= 4 is 0 Å². The maximum Gasteiger partial charge on any atom is 0.0547 e. The topological polar surface area (TPSA) is 30.3 Å². The Morgan fingerprint density at radius 3 is 2.96 bits per heavy atom. The van der Waals surface area contributed by atoms with Crippen LogP contribution in [0.4, 0.5) is 0 Å². The number of ether oxygens (including phenoxy) is 1. The second-order valence-corrected chi connectivity index (χ2v) is 7.31. The van der Waals surface area contributed by atoms with Crippen molar-refractivity contribution in [3.63, 3.8) is 0 Å². The Bertz CT molecular complexity index is 677. The van der Waals surface area contributed by atoms with E-state index >= 15 is 0 Å². The van der Waals surface area contributed by atoms with Crippen molar-refractivity contribution in [2.45, 2.75) is 45.3 Å². The lowest BCUT2D eigenvalue weighted by Gasteiger charge is -2.35. The fourth-order valence-electron chi connectivity index (χ4n) is 3.62. The largest absolute Gasteiger partial charge is 0.381 e. The van der Waals surface area contributed by atoms with Crippen molar-refractivity contribution < 1.29 is 4.74 Å². The molecular formula is C20H27N3O. The molecule has 2 aromatic rings. The van der Waals surface area contributed by atoms with E-state index in [0.29, 0.717) is 6.04 Å². The molecule has 0 amide bonds. The molecule has 0 bridgehead atoms. The van der Waals surface area contributed by atoms with Crippen molar-refractivity contribution in [2.75, 3.05) is 19.8 Å². The Hall–Kier alpha value is -1.65. The van der Waals surface area contributed by atoms with Crippen LogP contribution < -0.4 is 0 Å². The van der Waals surface area contributed by atoms with Crippen molar-refractivity contribution in [1.82, 2.24) is 14.5 Å². The molecule has 1 saturated carbocycles. The molecule has 2 aliphatic rings. The third-order valence-electron chi connectivity index (χ3n) is 5.09. The van der Waals surface area contributed by atoms with Crippen LogP contribution in [0.25, 0.3) is 0 Å². The van der Waals surface area contributed by atoms with Gasteiger partial charge in [-0.15, -0.1) is 0 Å². The molecule has 1 unspecified atom stereocenters. The van der Waals surface area contributed by atoms with Crippen molar-refractivity contribution in [1.29, 1.82) is 0 Å². The first-order valence-electron chi connectivity index (χ1n) is 9.16. The van der Waals surface area contributed by atoms with Gasteiger partial charge in [-0.05, 0) is 56.4 Å². The van der Waals surface area contributed by atoms with Crippen LogP contribution in [0.5, 0.6) is 0 Å². The number of pyridine rings is 1. The molecule has 1 aliphatic heterocycles. The summed E-state index contributed by atoms with van der Waals surface area (Å²) in [5.74, 6) is 0.849. The first kappa shape index (κ1) is 15.9. The standard InChI is InChI=1S/C20H27N3O/c1-16-4-2-5-18(21-16)12-22-13-19-6-3-10-23(19)20(14-22)9-11-24-15-17-7-8-17/h2-6,10,17,20H,7-9,11-15H2,1H3. The fraction of sp³-hybridized carbons (Fsp3) is 0.550. The number of fused-ring (bicyclic) bond motifs is 1. The Morgan fingerprint density at radius 2 is 2.12 bits per heavy atom. The van der Waals surface area contributed by atoms with Gasteiger partial charge in [-0.25, -0.2) is 0 Å². The van der Waals surface area contributed by atoms with Gasteiger partial charge >= 0.3 is 0 Å². The van der Waals surface area contributed by atoms with E-state index in [1.807, 2.05) is 0 Å². The van der Waals surface area contributed by atoms with Gasteiger partial charge in [-0.1, -0.05) is 6.07 Å². The third kappa shape index (κ3) is 3.87. The van der Waals surface area contributed by atoms with E-state index in [2.05, 4.69) is 57.9 Å². The van der Waals surface area contributed by atoms with Gasteiger partial charge in [-0.3, -0.25) is 9.88 Å². The molecule has 1 fully saturated rings. The summed E-state index contributed by atoms with van der Waals surface area (Å²) < 4.78 is 8.32. The van der Waals surface area contributed by atoms with Crippen molar-refractivity contribution in [2.24, 2.45) is 5.92 Å². The average Bonchev–Trinajstić information content (AvgIpc) is 3.27. The van der Waals surface area contributed by atoms with Crippen molar-refractivity contribution in [3.8, 4) is 0 Å². The van der Waals surface area contributed by atoms with E-state index in [1.165, 1.54) is 24.2 Å². The summed E-state index contributed by atoms with van der Waals surface area (Å²) in [7, 11) is 0. The summed E-state index contributed by atoms with van der Waals surface area (Å²) in [6, 6.07) is 11.2. The number of nitrogens with zero attached hydrogens (tertiary/aromatic N) is 3. The maximum atomic E-state index is 5.88. The highest BCUT2D eigenvalue weighted by Crippen LogP contribution is 2.29. The fourth-order valence-corrected chi connectivity index (χ4v) is 3.62. The molecular weight excluding hydrogens is 298 g/mol. The summed E-state index contributed by atoms with van der Waals surface area (Å²) in [4.78, 5) is 7.18. The molecule has 3 heterocycles. The second-order valence-electron chi connectivity index (χ2n) is 7.31. The lowest BCUT2D eigenvalue weighted by Crippen LogP contribution is -2.37. The van der Waals surface area contributed by atoms with Gasteiger partial charge in [0.25, 0.3) is 0 Å². The monoisotopic (exact) mass is 325 g/mol. The summed E-state index contributed by atoms with van der Waals surface area (Å²) in [6.07, 6.45) is 6.04. The summed E-state index contributed by atoms with van der Waals surface area (Å²) >= 11 is 0. The molecule has 0 N–H and O–H groups in total. The molecule has 2 aromatic heterocycles. The predicted octanol–water partition coefficient (Wildman–Crippen LogP) is 3.57. The van der Waals surface area contributed by atoms with Gasteiger partial charge in [0.15, 0.2) is 0 Å². The molecule has 4 nitrogen and oxygen atoms in total. The van der Waals surface area contributed by atoms with E-state index < -0.39 is 0 Å². The summed E-state index contributed by atoms with van der Waals surface area (Å²) in [5, 5.41) is 0. The maximum absolute atomic E-state index is 5.88. The third-order valence-corrected chi connectivity index (χ3v) is 5.09. The predicted molar refractivity (Wildman–Crippen MR) is 94.7 cm³/mol. The minimum Gasteiger partial charge on any atom is -0.381 e. The van der Waals surface area contributed by atoms with E-state index in [1.54, 1.807) is 0 Å². The number of hydrogen-bond donors (Lipinski definition) is 0. The van der Waals surface area contributed by atoms with Crippen LogP contribution in [0.3, 0.4) is 0 Å². The highest BCUT2D eigenvalue weighted by atomic mass is 16.5. The molecule has 24 heavy (non-hydrogen) atoms. The molecule has 0 aromatic carbocycles. The zero-order chi connectivity index (χ0) is 16.4. The highest BCUT2D eigenvalue weighted by Gasteiger charge is 2.25. The summed E-state index contributed by atoms with van der Waals surface area (Å²) in [6.45, 7) is 6.89. The van der Waals surface area contributed by atoms with Crippen LogP contribution in [-0.2, 0) is 17.8 Å². The van der Waals surface area contributed by atoms with Crippen LogP contribution in [0.2, 0.25) is 0 Å². The van der Waals surface area contributed by atoms with E-state index in [-0.39, 0.29) is 0 Å². The number of hydrogen-bond acceptors (Lipinski definition) is 3. The molecule has 4 rings (SSSR count). The van der Waals surface area contributed by atoms with Gasteiger partial charge in [0, 0.05) is 56.5 Å². The van der Waals surface area contributed by atoms with Gasteiger partial charge in [-0.2, -0.15) is 0 Å². The van der Waals surface area contributed by atoms with Gasteiger partial charge < -0.3 is 9.30 Å². The Kier molecular flexibility index (Phi) is 4.67. The normalized spacial score (nSPS) is 21.0. The Morgan fingerprint density at radius 1 is 1.21 bits per heavy atom. The molecule has 0 saturated heterocycles. The lowest BCUT2D eigenvalue weighted by atomic mass is 10.1.